The summed E-state index contributed by atoms with van der Waals surface area (Å²) in [4.78, 5) is 21.7. The highest BCUT2D eigenvalue weighted by atomic mass is 19.4. The average Bonchev–Trinajstić information content (AvgIpc) is 2.54. The number of carbonyl (C=O) groups is 1. The number of halogens is 3. The lowest BCUT2D eigenvalue weighted by Crippen LogP contribution is -2.17. The first-order valence-corrected chi connectivity index (χ1v) is 6.52. The smallest absolute Gasteiger partial charge is 0.267 e. The van der Waals surface area contributed by atoms with Crippen molar-refractivity contribution in [1.82, 2.24) is 5.43 Å². The summed E-state index contributed by atoms with van der Waals surface area (Å²) in [6.45, 7) is 0. The van der Waals surface area contributed by atoms with Gasteiger partial charge >= 0.3 is 6.18 Å². The molecule has 24 heavy (non-hydrogen) atoms. The van der Waals surface area contributed by atoms with Crippen LogP contribution in [-0.4, -0.2) is 17.0 Å². The van der Waals surface area contributed by atoms with Crippen LogP contribution in [-0.2, 0) is 6.18 Å². The van der Waals surface area contributed by atoms with Gasteiger partial charge in [-0.2, -0.15) is 18.3 Å². The quantitative estimate of drug-likeness (QED) is 0.527. The maximum atomic E-state index is 12.6. The Morgan fingerprint density at radius 2 is 1.83 bits per heavy atom. The van der Waals surface area contributed by atoms with E-state index < -0.39 is 22.6 Å². The van der Waals surface area contributed by atoms with Crippen molar-refractivity contribution < 1.29 is 22.9 Å². The molecule has 0 spiro atoms. The zero-order valence-electron chi connectivity index (χ0n) is 11.9. The van der Waals surface area contributed by atoms with Crippen LogP contribution < -0.4 is 5.43 Å². The van der Waals surface area contributed by atoms with E-state index in [0.29, 0.717) is 0 Å². The molecule has 0 saturated carbocycles. The Morgan fingerprint density at radius 1 is 1.17 bits per heavy atom. The summed E-state index contributed by atoms with van der Waals surface area (Å²) in [7, 11) is 0. The number of alkyl halides is 3. The summed E-state index contributed by atoms with van der Waals surface area (Å²) < 4.78 is 37.7. The van der Waals surface area contributed by atoms with Gasteiger partial charge in [-0.3, -0.25) is 14.9 Å². The lowest BCUT2D eigenvalue weighted by Gasteiger charge is -2.06. The van der Waals surface area contributed by atoms with E-state index in [1.54, 1.807) is 0 Å². The molecule has 0 heterocycles. The molecule has 1 N–H and O–H groups in total. The molecule has 0 aromatic heterocycles. The van der Waals surface area contributed by atoms with Gasteiger partial charge in [-0.1, -0.05) is 12.1 Å². The van der Waals surface area contributed by atoms with E-state index in [2.05, 4.69) is 10.5 Å². The van der Waals surface area contributed by atoms with Crippen molar-refractivity contribution in [3.63, 3.8) is 0 Å². The maximum absolute atomic E-state index is 12.6. The van der Waals surface area contributed by atoms with Gasteiger partial charge in [0.15, 0.2) is 0 Å². The van der Waals surface area contributed by atoms with Crippen molar-refractivity contribution >= 4 is 17.8 Å². The van der Waals surface area contributed by atoms with Gasteiger partial charge < -0.3 is 0 Å². The predicted molar refractivity (Wildman–Crippen MR) is 79.6 cm³/mol. The topological polar surface area (TPSA) is 84.6 Å². The monoisotopic (exact) mass is 337 g/mol. The summed E-state index contributed by atoms with van der Waals surface area (Å²) in [5.74, 6) is -0.645. The Labute approximate surface area is 133 Å². The first-order chi connectivity index (χ1) is 11.3. The molecule has 6 nitrogen and oxygen atoms in total. The molecule has 2 aromatic rings. The first kappa shape index (κ1) is 17.1. The van der Waals surface area contributed by atoms with Crippen LogP contribution in [0.2, 0.25) is 0 Å². The number of amides is 1. The van der Waals surface area contributed by atoms with E-state index >= 15 is 0 Å². The van der Waals surface area contributed by atoms with Crippen LogP contribution in [0.3, 0.4) is 0 Å². The molecule has 2 aromatic carbocycles. The Balaban J connectivity index is 2.03. The van der Waals surface area contributed by atoms with Crippen LogP contribution in [0.1, 0.15) is 21.5 Å². The molecule has 2 rings (SSSR count). The number of hydrogen-bond acceptors (Lipinski definition) is 4. The normalized spacial score (nSPS) is 11.5. The summed E-state index contributed by atoms with van der Waals surface area (Å²) in [6.07, 6.45) is -3.40. The lowest BCUT2D eigenvalue weighted by molar-refractivity contribution is -0.384. The van der Waals surface area contributed by atoms with Gasteiger partial charge in [0.1, 0.15) is 0 Å². The molecule has 0 fully saturated rings. The van der Waals surface area contributed by atoms with E-state index in [4.69, 9.17) is 0 Å². The molecule has 1 amide bonds. The molecule has 0 aliphatic heterocycles. The van der Waals surface area contributed by atoms with Crippen LogP contribution in [0.5, 0.6) is 0 Å². The van der Waals surface area contributed by atoms with Crippen LogP contribution in [0, 0.1) is 10.1 Å². The summed E-state index contributed by atoms with van der Waals surface area (Å²) in [5, 5.41) is 14.1. The minimum atomic E-state index is -4.47. The van der Waals surface area contributed by atoms with Crippen LogP contribution >= 0.6 is 0 Å². The number of nitrogens with one attached hydrogen (secondary N) is 1. The Morgan fingerprint density at radius 3 is 2.42 bits per heavy atom. The number of non-ortho nitro benzene ring substituents is 1. The fourth-order valence-electron chi connectivity index (χ4n) is 1.76. The van der Waals surface area contributed by atoms with Crippen molar-refractivity contribution in [2.45, 2.75) is 6.18 Å². The highest BCUT2D eigenvalue weighted by Gasteiger charge is 2.30. The number of hydrogen-bond donors (Lipinski definition) is 1. The highest BCUT2D eigenvalue weighted by molar-refractivity contribution is 5.95. The van der Waals surface area contributed by atoms with Crippen molar-refractivity contribution in [2.24, 2.45) is 5.10 Å². The van der Waals surface area contributed by atoms with Crippen LogP contribution in [0.25, 0.3) is 0 Å². The highest BCUT2D eigenvalue weighted by Crippen LogP contribution is 2.29. The van der Waals surface area contributed by atoms with Gasteiger partial charge in [-0.25, -0.2) is 5.43 Å². The van der Waals surface area contributed by atoms with E-state index in [1.165, 1.54) is 24.3 Å². The van der Waals surface area contributed by atoms with E-state index in [0.717, 1.165) is 30.5 Å². The maximum Gasteiger partial charge on any atom is 0.416 e. The van der Waals surface area contributed by atoms with Crippen molar-refractivity contribution in [2.75, 3.05) is 0 Å². The molecular formula is C15H10F3N3O3. The minimum Gasteiger partial charge on any atom is -0.267 e. The number of nitro groups is 1. The predicted octanol–water partition coefficient (Wildman–Crippen LogP) is 3.38. The third-order valence-corrected chi connectivity index (χ3v) is 2.93. The number of benzene rings is 2. The second-order valence-corrected chi connectivity index (χ2v) is 4.63. The van der Waals surface area contributed by atoms with Gasteiger partial charge in [0, 0.05) is 17.7 Å². The van der Waals surface area contributed by atoms with E-state index in [-0.39, 0.29) is 16.8 Å². The van der Waals surface area contributed by atoms with Gasteiger partial charge in [0.2, 0.25) is 0 Å². The average molecular weight is 337 g/mol. The Kier molecular flexibility index (Phi) is 4.93. The second kappa shape index (κ2) is 6.90. The van der Waals surface area contributed by atoms with Crippen molar-refractivity contribution in [3.8, 4) is 0 Å². The largest absolute Gasteiger partial charge is 0.416 e. The molecule has 0 aliphatic rings. The number of carbonyl (C=O) groups excluding carboxylic acids is 1. The van der Waals surface area contributed by atoms with Gasteiger partial charge in [-0.15, -0.1) is 0 Å². The van der Waals surface area contributed by atoms with Gasteiger partial charge in [-0.05, 0) is 29.8 Å². The zero-order valence-corrected chi connectivity index (χ0v) is 11.9. The van der Waals surface area contributed by atoms with Crippen molar-refractivity contribution in [3.05, 3.63) is 75.3 Å². The zero-order chi connectivity index (χ0) is 17.7. The first-order valence-electron chi connectivity index (χ1n) is 6.52. The fraction of sp³-hybridized carbons (Fsp3) is 0.0667. The molecule has 124 valence electrons. The SMILES string of the molecule is O=C(NN=Cc1cccc(C(F)(F)F)c1)c1ccc([N+](=O)[O-])cc1. The molecule has 9 heteroatoms. The second-order valence-electron chi connectivity index (χ2n) is 4.63. The van der Waals surface area contributed by atoms with Crippen LogP contribution in [0.15, 0.2) is 53.6 Å². The summed E-state index contributed by atoms with van der Waals surface area (Å²) >= 11 is 0. The molecule has 0 atom stereocenters. The standard InChI is InChI=1S/C15H10F3N3O3/c16-15(17,18)12-3-1-2-10(8-12)9-19-20-14(22)11-4-6-13(7-5-11)21(23)24/h1-9H,(H,20,22). The number of rotatable bonds is 4. The summed E-state index contributed by atoms with van der Waals surface area (Å²) in [5.41, 5.74) is 1.43. The Bertz CT molecular complexity index is 787. The fourth-order valence-corrected chi connectivity index (χ4v) is 1.76. The van der Waals surface area contributed by atoms with Crippen LogP contribution in [0.4, 0.5) is 18.9 Å². The number of hydrazone groups is 1. The van der Waals surface area contributed by atoms with E-state index in [9.17, 15) is 28.1 Å². The molecule has 0 radical (unpaired) electrons. The van der Waals surface area contributed by atoms with Crippen molar-refractivity contribution in [1.29, 1.82) is 0 Å². The number of nitro benzene ring substituents is 1. The Hall–Kier alpha value is -3.23. The van der Waals surface area contributed by atoms with E-state index in [1.807, 2.05) is 0 Å². The molecule has 0 bridgehead atoms. The molecule has 0 unspecified atom stereocenters. The molecule has 0 saturated heterocycles. The third kappa shape index (κ3) is 4.38. The summed E-state index contributed by atoms with van der Waals surface area (Å²) in [6, 6.07) is 9.24. The minimum absolute atomic E-state index is 0.127. The molecular weight excluding hydrogens is 327 g/mol. The number of nitrogens with zero attached hydrogens (tertiary/aromatic N) is 2. The van der Waals surface area contributed by atoms with Gasteiger partial charge in [0.05, 0.1) is 16.7 Å². The lowest BCUT2D eigenvalue weighted by atomic mass is 10.1. The molecule has 0 aliphatic carbocycles. The van der Waals surface area contributed by atoms with Gasteiger partial charge in [0.25, 0.3) is 11.6 Å². The third-order valence-electron chi connectivity index (χ3n) is 2.93.